The molecule has 0 saturated carbocycles. The van der Waals surface area contributed by atoms with Gasteiger partial charge in [0, 0.05) is 17.3 Å². The first-order chi connectivity index (χ1) is 15.1. The second kappa shape index (κ2) is 8.37. The van der Waals surface area contributed by atoms with Crippen LogP contribution in [-0.2, 0) is 20.9 Å². The third-order valence-electron chi connectivity index (χ3n) is 7.22. The van der Waals surface area contributed by atoms with E-state index >= 15 is 0 Å². The summed E-state index contributed by atoms with van der Waals surface area (Å²) in [6.07, 6.45) is 1.48. The highest BCUT2D eigenvalue weighted by Crippen LogP contribution is 2.71. The molecule has 3 saturated heterocycles. The van der Waals surface area contributed by atoms with Gasteiger partial charge in [0.1, 0.15) is 6.04 Å². The maximum atomic E-state index is 13.7. The Kier molecular flexibility index (Phi) is 6.05. The number of thioether (sulfide) groups is 1. The van der Waals surface area contributed by atoms with Gasteiger partial charge in [-0.2, -0.15) is 0 Å². The van der Waals surface area contributed by atoms with Crippen LogP contribution in [0.5, 0.6) is 0 Å². The van der Waals surface area contributed by atoms with E-state index in [0.717, 1.165) is 12.0 Å². The molecule has 1 aromatic rings. The standard InChI is InChI=1S/C24H33N3O4S/c1-14(2)26-21(30)19-24-11-10-23(4,32-24)17(18(24)22(31)27(19)15(3)13-28)20(29)25-12-16-8-6-5-7-9-16/h5-9,14-15,17-19,28H,10-13H2,1-4H3,(H,25,29)(H,26,30)/t15-,17+,18+,19?,23-,24?/m1/s1. The van der Waals surface area contributed by atoms with E-state index in [0.29, 0.717) is 13.0 Å². The number of carbonyl (C=O) groups excluding carboxylic acids is 3. The molecule has 0 aromatic heterocycles. The van der Waals surface area contributed by atoms with Crippen LogP contribution in [0.25, 0.3) is 0 Å². The van der Waals surface area contributed by atoms with Gasteiger partial charge in [-0.1, -0.05) is 30.3 Å². The zero-order valence-corrected chi connectivity index (χ0v) is 19.9. The quantitative estimate of drug-likeness (QED) is 0.576. The Morgan fingerprint density at radius 3 is 2.50 bits per heavy atom. The molecule has 1 spiro atoms. The summed E-state index contributed by atoms with van der Waals surface area (Å²) < 4.78 is -1.05. The number of aliphatic hydroxyl groups excluding tert-OH is 1. The minimum absolute atomic E-state index is 0.0662. The maximum absolute atomic E-state index is 13.7. The van der Waals surface area contributed by atoms with Crippen molar-refractivity contribution in [2.75, 3.05) is 6.61 Å². The van der Waals surface area contributed by atoms with Crippen molar-refractivity contribution in [3.05, 3.63) is 35.9 Å². The summed E-state index contributed by atoms with van der Waals surface area (Å²) in [5.41, 5.74) is 0.999. The van der Waals surface area contributed by atoms with Crippen molar-refractivity contribution in [2.45, 2.75) is 74.7 Å². The number of nitrogens with one attached hydrogen (secondary N) is 2. The highest BCUT2D eigenvalue weighted by molar-refractivity contribution is 8.02. The van der Waals surface area contributed by atoms with Gasteiger partial charge >= 0.3 is 0 Å². The average molecular weight is 460 g/mol. The average Bonchev–Trinajstić information content (AvgIpc) is 3.32. The second-order valence-corrected chi connectivity index (χ2v) is 11.8. The third kappa shape index (κ3) is 3.52. The fourth-order valence-electron chi connectivity index (χ4n) is 5.88. The van der Waals surface area contributed by atoms with Gasteiger partial charge in [0.15, 0.2) is 0 Å². The van der Waals surface area contributed by atoms with E-state index in [1.165, 1.54) is 0 Å². The topological polar surface area (TPSA) is 98.7 Å². The smallest absolute Gasteiger partial charge is 0.244 e. The monoisotopic (exact) mass is 459 g/mol. The SMILES string of the molecule is CC(C)NC(=O)C1N([C@H](C)CO)C(=O)[C@@H]2[C@@H](C(=O)NCc3ccccc3)[C@@]3(C)CCC12S3. The van der Waals surface area contributed by atoms with Crippen LogP contribution in [0.1, 0.15) is 46.1 Å². The van der Waals surface area contributed by atoms with Gasteiger partial charge in [0.05, 0.1) is 29.2 Å². The molecule has 3 fully saturated rings. The Morgan fingerprint density at radius 1 is 1.19 bits per heavy atom. The van der Waals surface area contributed by atoms with E-state index in [9.17, 15) is 19.5 Å². The molecule has 7 nitrogen and oxygen atoms in total. The molecule has 2 unspecified atom stereocenters. The lowest BCUT2D eigenvalue weighted by Crippen LogP contribution is -2.57. The van der Waals surface area contributed by atoms with Gasteiger partial charge in [-0.05, 0) is 46.1 Å². The lowest BCUT2D eigenvalue weighted by atomic mass is 9.66. The minimum atomic E-state index is -0.691. The van der Waals surface area contributed by atoms with E-state index in [1.807, 2.05) is 44.2 Å². The summed E-state index contributed by atoms with van der Waals surface area (Å²) in [6.45, 7) is 7.77. The molecule has 0 aliphatic carbocycles. The third-order valence-corrected chi connectivity index (χ3v) is 9.21. The van der Waals surface area contributed by atoms with Crippen molar-refractivity contribution < 1.29 is 19.5 Å². The molecular weight excluding hydrogens is 426 g/mol. The summed E-state index contributed by atoms with van der Waals surface area (Å²) >= 11 is 1.64. The van der Waals surface area contributed by atoms with E-state index in [4.69, 9.17) is 0 Å². The Bertz CT molecular complexity index is 910. The van der Waals surface area contributed by atoms with Crippen LogP contribution in [0.2, 0.25) is 0 Å². The summed E-state index contributed by atoms with van der Waals surface area (Å²) in [4.78, 5) is 42.1. The largest absolute Gasteiger partial charge is 0.394 e. The zero-order valence-electron chi connectivity index (χ0n) is 19.1. The molecule has 3 N–H and O–H groups in total. The van der Waals surface area contributed by atoms with E-state index in [1.54, 1.807) is 23.6 Å². The molecule has 3 aliphatic rings. The fraction of sp³-hybridized carbons (Fsp3) is 0.625. The van der Waals surface area contributed by atoms with E-state index < -0.39 is 33.4 Å². The number of rotatable bonds is 7. The van der Waals surface area contributed by atoms with Crippen LogP contribution in [0.15, 0.2) is 30.3 Å². The molecule has 2 bridgehead atoms. The molecule has 0 radical (unpaired) electrons. The Labute approximate surface area is 193 Å². The number of hydrogen-bond donors (Lipinski definition) is 3. The summed E-state index contributed by atoms with van der Waals surface area (Å²) in [5.74, 6) is -1.60. The number of fused-ring (bicyclic) bond motifs is 1. The molecule has 3 aliphatic heterocycles. The summed E-state index contributed by atoms with van der Waals surface area (Å²) in [5, 5.41) is 15.9. The fourth-order valence-corrected chi connectivity index (χ4v) is 8.23. The number of likely N-dealkylation sites (tertiary alicyclic amines) is 1. The predicted molar refractivity (Wildman–Crippen MR) is 124 cm³/mol. The first-order valence-corrected chi connectivity index (χ1v) is 12.2. The highest BCUT2D eigenvalue weighted by Gasteiger charge is 2.77. The Balaban J connectivity index is 1.67. The van der Waals surface area contributed by atoms with Gasteiger partial charge in [0.2, 0.25) is 17.7 Å². The maximum Gasteiger partial charge on any atom is 0.244 e. The van der Waals surface area contributed by atoms with Gasteiger partial charge < -0.3 is 20.6 Å². The van der Waals surface area contributed by atoms with Crippen LogP contribution < -0.4 is 10.6 Å². The van der Waals surface area contributed by atoms with E-state index in [2.05, 4.69) is 17.6 Å². The summed E-state index contributed by atoms with van der Waals surface area (Å²) in [7, 11) is 0. The van der Waals surface area contributed by atoms with Crippen LogP contribution >= 0.6 is 11.8 Å². The highest BCUT2D eigenvalue weighted by atomic mass is 32.2. The van der Waals surface area contributed by atoms with Crippen molar-refractivity contribution in [2.24, 2.45) is 11.8 Å². The lowest BCUT2D eigenvalue weighted by molar-refractivity contribution is -0.143. The Hall–Kier alpha value is -2.06. The molecular formula is C24H33N3O4S. The van der Waals surface area contributed by atoms with Crippen molar-refractivity contribution in [3.63, 3.8) is 0 Å². The molecule has 3 heterocycles. The molecule has 6 atom stereocenters. The number of nitrogens with zero attached hydrogens (tertiary/aromatic N) is 1. The van der Waals surface area contributed by atoms with Crippen LogP contribution in [-0.4, -0.2) is 62.0 Å². The number of aliphatic hydroxyl groups is 1. The number of benzene rings is 1. The molecule has 3 amide bonds. The van der Waals surface area contributed by atoms with Gasteiger partial charge in [-0.25, -0.2) is 0 Å². The molecule has 1 aromatic carbocycles. The van der Waals surface area contributed by atoms with Crippen molar-refractivity contribution >= 4 is 29.5 Å². The summed E-state index contributed by atoms with van der Waals surface area (Å²) in [6, 6.07) is 8.44. The first-order valence-electron chi connectivity index (χ1n) is 11.4. The first kappa shape index (κ1) is 23.1. The number of carbonyl (C=O) groups is 3. The predicted octanol–water partition coefficient (Wildman–Crippen LogP) is 1.69. The molecule has 174 valence electrons. The van der Waals surface area contributed by atoms with Gasteiger partial charge in [-0.3, -0.25) is 14.4 Å². The molecule has 8 heteroatoms. The lowest BCUT2D eigenvalue weighted by Gasteiger charge is -2.36. The van der Waals surface area contributed by atoms with Crippen molar-refractivity contribution in [1.82, 2.24) is 15.5 Å². The van der Waals surface area contributed by atoms with E-state index in [-0.39, 0.29) is 30.4 Å². The van der Waals surface area contributed by atoms with Gasteiger partial charge in [-0.15, -0.1) is 11.8 Å². The number of amides is 3. The zero-order chi connectivity index (χ0) is 23.3. The normalized spacial score (nSPS) is 34.0. The molecule has 32 heavy (non-hydrogen) atoms. The van der Waals surface area contributed by atoms with Crippen LogP contribution in [0, 0.1) is 11.8 Å². The minimum Gasteiger partial charge on any atom is -0.394 e. The second-order valence-electron chi connectivity index (χ2n) is 9.87. The Morgan fingerprint density at radius 2 is 1.88 bits per heavy atom. The van der Waals surface area contributed by atoms with Crippen molar-refractivity contribution in [3.8, 4) is 0 Å². The molecule has 4 rings (SSSR count). The van der Waals surface area contributed by atoms with Crippen LogP contribution in [0.4, 0.5) is 0 Å². The number of hydrogen-bond acceptors (Lipinski definition) is 5. The van der Waals surface area contributed by atoms with Gasteiger partial charge in [0.25, 0.3) is 0 Å². The van der Waals surface area contributed by atoms with Crippen molar-refractivity contribution in [1.29, 1.82) is 0 Å². The van der Waals surface area contributed by atoms with Crippen LogP contribution in [0.3, 0.4) is 0 Å².